The van der Waals surface area contributed by atoms with E-state index in [0.29, 0.717) is 18.7 Å². The highest BCUT2D eigenvalue weighted by Gasteiger charge is 2.25. The molecule has 6 heteroatoms. The number of pyridine rings is 1. The minimum Gasteiger partial charge on any atom is -0.372 e. The summed E-state index contributed by atoms with van der Waals surface area (Å²) in [5.41, 5.74) is 2.74. The maximum Gasteiger partial charge on any atom is 0.253 e. The number of carbonyl (C=O) groups excluding carboxylic acids is 1. The molecular formula is C21H22N4O2. The fourth-order valence-electron chi connectivity index (χ4n) is 3.33. The van der Waals surface area contributed by atoms with Gasteiger partial charge < -0.3 is 14.2 Å². The molecule has 27 heavy (non-hydrogen) atoms. The van der Waals surface area contributed by atoms with Crippen molar-refractivity contribution in [2.45, 2.75) is 25.6 Å². The molecule has 0 spiro atoms. The second kappa shape index (κ2) is 8.14. The fraction of sp³-hybridized carbons (Fsp3) is 0.286. The molecular weight excluding hydrogens is 340 g/mol. The van der Waals surface area contributed by atoms with Crippen LogP contribution in [0.15, 0.2) is 67.5 Å². The molecule has 1 amide bonds. The van der Waals surface area contributed by atoms with Gasteiger partial charge in [-0.15, -0.1) is 0 Å². The number of hydrogen-bond acceptors (Lipinski definition) is 4. The third-order valence-electron chi connectivity index (χ3n) is 4.79. The Hall–Kier alpha value is -2.99. The Morgan fingerprint density at radius 3 is 2.78 bits per heavy atom. The van der Waals surface area contributed by atoms with E-state index in [1.165, 1.54) is 0 Å². The Bertz CT molecular complexity index is 863. The molecule has 0 radical (unpaired) electrons. The maximum absolute atomic E-state index is 12.9. The van der Waals surface area contributed by atoms with Crippen molar-refractivity contribution in [3.63, 3.8) is 0 Å². The average molecular weight is 362 g/mol. The molecule has 1 aromatic carbocycles. The van der Waals surface area contributed by atoms with Gasteiger partial charge in [-0.2, -0.15) is 0 Å². The quantitative estimate of drug-likeness (QED) is 0.700. The summed E-state index contributed by atoms with van der Waals surface area (Å²) < 4.78 is 7.92. The second-order valence-corrected chi connectivity index (χ2v) is 6.70. The van der Waals surface area contributed by atoms with E-state index in [1.807, 2.05) is 58.3 Å². The third-order valence-corrected chi connectivity index (χ3v) is 4.79. The van der Waals surface area contributed by atoms with Gasteiger partial charge in [0.1, 0.15) is 0 Å². The Labute approximate surface area is 158 Å². The molecule has 1 aliphatic heterocycles. The summed E-state index contributed by atoms with van der Waals surface area (Å²) in [7, 11) is 0. The molecule has 1 aliphatic rings. The fourth-order valence-corrected chi connectivity index (χ4v) is 3.33. The van der Waals surface area contributed by atoms with Gasteiger partial charge in [0, 0.05) is 49.1 Å². The summed E-state index contributed by atoms with van der Waals surface area (Å²) >= 11 is 0. The molecule has 4 rings (SSSR count). The van der Waals surface area contributed by atoms with Crippen LogP contribution in [0.25, 0.3) is 5.69 Å². The largest absolute Gasteiger partial charge is 0.372 e. The van der Waals surface area contributed by atoms with Gasteiger partial charge in [-0.25, -0.2) is 4.98 Å². The third kappa shape index (κ3) is 4.23. The summed E-state index contributed by atoms with van der Waals surface area (Å²) in [6.45, 7) is 1.93. The maximum atomic E-state index is 12.9. The number of hydrogen-bond donors (Lipinski definition) is 0. The van der Waals surface area contributed by atoms with Gasteiger partial charge in [0.05, 0.1) is 19.0 Å². The number of ether oxygens (including phenoxy) is 1. The van der Waals surface area contributed by atoms with Gasteiger partial charge in [-0.05, 0) is 48.7 Å². The molecule has 0 bridgehead atoms. The van der Waals surface area contributed by atoms with Crippen molar-refractivity contribution in [3.05, 3.63) is 78.6 Å². The van der Waals surface area contributed by atoms with Gasteiger partial charge in [0.25, 0.3) is 5.91 Å². The van der Waals surface area contributed by atoms with E-state index in [2.05, 4.69) is 9.97 Å². The van der Waals surface area contributed by atoms with Crippen molar-refractivity contribution >= 4 is 5.91 Å². The molecule has 1 atom stereocenters. The number of likely N-dealkylation sites (tertiary alicyclic amines) is 1. The van der Waals surface area contributed by atoms with E-state index < -0.39 is 0 Å². The number of amides is 1. The molecule has 0 aliphatic carbocycles. The van der Waals surface area contributed by atoms with Gasteiger partial charge in [0.2, 0.25) is 0 Å². The number of rotatable bonds is 5. The normalized spacial score (nSPS) is 17.0. The monoisotopic (exact) mass is 362 g/mol. The minimum atomic E-state index is 0.0573. The lowest BCUT2D eigenvalue weighted by Crippen LogP contribution is -2.43. The van der Waals surface area contributed by atoms with E-state index in [0.717, 1.165) is 30.6 Å². The molecule has 1 fully saturated rings. The van der Waals surface area contributed by atoms with Crippen LogP contribution in [0, 0.1) is 0 Å². The Morgan fingerprint density at radius 1 is 1.15 bits per heavy atom. The number of piperidine rings is 1. The van der Waals surface area contributed by atoms with Gasteiger partial charge in [0.15, 0.2) is 0 Å². The average Bonchev–Trinajstić information content (AvgIpc) is 3.28. The predicted octanol–water partition coefficient (Wildman–Crippen LogP) is 3.09. The zero-order chi connectivity index (χ0) is 18.5. The van der Waals surface area contributed by atoms with E-state index in [9.17, 15) is 4.79 Å². The van der Waals surface area contributed by atoms with Gasteiger partial charge in [-0.3, -0.25) is 9.78 Å². The van der Waals surface area contributed by atoms with Crippen LogP contribution in [0.1, 0.15) is 28.8 Å². The first kappa shape index (κ1) is 17.4. The van der Waals surface area contributed by atoms with Crippen LogP contribution in [-0.2, 0) is 11.3 Å². The van der Waals surface area contributed by atoms with Crippen LogP contribution in [0.2, 0.25) is 0 Å². The topological polar surface area (TPSA) is 60.2 Å². The van der Waals surface area contributed by atoms with Crippen molar-refractivity contribution < 1.29 is 9.53 Å². The number of nitrogens with zero attached hydrogens (tertiary/aromatic N) is 4. The zero-order valence-corrected chi connectivity index (χ0v) is 15.1. The van der Waals surface area contributed by atoms with Crippen LogP contribution < -0.4 is 0 Å². The molecule has 2 aromatic heterocycles. The second-order valence-electron chi connectivity index (χ2n) is 6.70. The summed E-state index contributed by atoms with van der Waals surface area (Å²) in [6, 6.07) is 11.5. The first-order chi connectivity index (χ1) is 13.3. The molecule has 0 saturated carbocycles. The van der Waals surface area contributed by atoms with E-state index >= 15 is 0 Å². The number of imidazole rings is 1. The smallest absolute Gasteiger partial charge is 0.253 e. The first-order valence-corrected chi connectivity index (χ1v) is 9.18. The Balaban J connectivity index is 1.36. The molecule has 3 aromatic rings. The van der Waals surface area contributed by atoms with E-state index in [-0.39, 0.29) is 12.0 Å². The number of benzene rings is 1. The zero-order valence-electron chi connectivity index (χ0n) is 15.1. The SMILES string of the molecule is O=C(c1ccc(-n2ccnc2)cc1)N1CCC[C@@H](OCc2cccnc2)C1. The summed E-state index contributed by atoms with van der Waals surface area (Å²) in [5, 5.41) is 0. The summed E-state index contributed by atoms with van der Waals surface area (Å²) in [4.78, 5) is 22.9. The molecule has 138 valence electrons. The van der Waals surface area contributed by atoms with Crippen LogP contribution in [0.4, 0.5) is 0 Å². The lowest BCUT2D eigenvalue weighted by Gasteiger charge is -2.32. The molecule has 3 heterocycles. The molecule has 0 N–H and O–H groups in total. The van der Waals surface area contributed by atoms with Crippen molar-refractivity contribution in [2.75, 3.05) is 13.1 Å². The standard InChI is InChI=1S/C21H22N4O2/c26-21(18-5-7-19(8-6-18)25-12-10-23-16-25)24-11-2-4-20(14-24)27-15-17-3-1-9-22-13-17/h1,3,5-10,12-13,16,20H,2,4,11,14-15H2/t20-/m1/s1. The predicted molar refractivity (Wildman–Crippen MR) is 102 cm³/mol. The highest BCUT2D eigenvalue weighted by atomic mass is 16.5. The Morgan fingerprint density at radius 2 is 2.04 bits per heavy atom. The lowest BCUT2D eigenvalue weighted by molar-refractivity contribution is -0.00681. The number of aromatic nitrogens is 3. The first-order valence-electron chi connectivity index (χ1n) is 9.18. The lowest BCUT2D eigenvalue weighted by atomic mass is 10.1. The van der Waals surface area contributed by atoms with Crippen LogP contribution >= 0.6 is 0 Å². The highest BCUT2D eigenvalue weighted by Crippen LogP contribution is 2.18. The highest BCUT2D eigenvalue weighted by molar-refractivity contribution is 5.94. The van der Waals surface area contributed by atoms with Crippen LogP contribution in [-0.4, -0.2) is 44.5 Å². The minimum absolute atomic E-state index is 0.0573. The van der Waals surface area contributed by atoms with Crippen molar-refractivity contribution in [1.82, 2.24) is 19.4 Å². The Kier molecular flexibility index (Phi) is 5.25. The van der Waals surface area contributed by atoms with Crippen LogP contribution in [0.3, 0.4) is 0 Å². The van der Waals surface area contributed by atoms with Gasteiger partial charge >= 0.3 is 0 Å². The molecule has 6 nitrogen and oxygen atoms in total. The van der Waals surface area contributed by atoms with Crippen LogP contribution in [0.5, 0.6) is 0 Å². The van der Waals surface area contributed by atoms with Crippen molar-refractivity contribution in [3.8, 4) is 5.69 Å². The molecule has 1 saturated heterocycles. The molecule has 0 unspecified atom stereocenters. The van der Waals surface area contributed by atoms with Crippen molar-refractivity contribution in [2.24, 2.45) is 0 Å². The van der Waals surface area contributed by atoms with Crippen molar-refractivity contribution in [1.29, 1.82) is 0 Å². The summed E-state index contributed by atoms with van der Waals surface area (Å²) in [5.74, 6) is 0.0573. The summed E-state index contributed by atoms with van der Waals surface area (Å²) in [6.07, 6.45) is 10.9. The number of carbonyl (C=O) groups is 1. The van der Waals surface area contributed by atoms with Gasteiger partial charge in [-0.1, -0.05) is 6.07 Å². The van der Waals surface area contributed by atoms with E-state index in [4.69, 9.17) is 4.74 Å². The van der Waals surface area contributed by atoms with E-state index in [1.54, 1.807) is 18.7 Å².